The van der Waals surface area contributed by atoms with Gasteiger partial charge in [0.2, 0.25) is 11.8 Å². The molecule has 200 valence electrons. The molecule has 1 aromatic rings. The maximum atomic E-state index is 12.8. The van der Waals surface area contributed by atoms with Crippen LogP contribution in [0.3, 0.4) is 0 Å². The Morgan fingerprint density at radius 3 is 2.31 bits per heavy atom. The molecule has 0 aromatic heterocycles. The van der Waals surface area contributed by atoms with Crippen LogP contribution in [-0.4, -0.2) is 82.5 Å². The SMILES string of the molecule is NC(N)=NCCC[C@@H](NC(=O)[C@@H]1CCCN1C(=O)C(N)Cc1ccccc1)C(=O)O.O=C(CCl)CCl. The fourth-order valence-corrected chi connectivity index (χ4v) is 3.82. The van der Waals surface area contributed by atoms with Crippen LogP contribution in [-0.2, 0) is 25.6 Å². The fourth-order valence-electron chi connectivity index (χ4n) is 3.54. The number of aliphatic imine (C=N–C) groups is 1. The molecule has 1 unspecified atom stereocenters. The molecule has 1 aliphatic heterocycles. The average Bonchev–Trinajstić information content (AvgIpc) is 3.35. The molecular formula is C23H34Cl2N6O5. The van der Waals surface area contributed by atoms with Crippen LogP contribution in [0.2, 0.25) is 0 Å². The van der Waals surface area contributed by atoms with E-state index in [0.717, 1.165) is 5.56 Å². The van der Waals surface area contributed by atoms with E-state index < -0.39 is 30.0 Å². The van der Waals surface area contributed by atoms with Gasteiger partial charge in [0.05, 0.1) is 17.8 Å². The van der Waals surface area contributed by atoms with Crippen molar-refractivity contribution in [2.24, 2.45) is 22.2 Å². The number of ketones is 1. The third kappa shape index (κ3) is 11.2. The monoisotopic (exact) mass is 544 g/mol. The van der Waals surface area contributed by atoms with Crippen molar-refractivity contribution in [1.82, 2.24) is 10.2 Å². The number of halogens is 2. The van der Waals surface area contributed by atoms with Crippen LogP contribution in [0, 0.1) is 0 Å². The Labute approximate surface area is 220 Å². The summed E-state index contributed by atoms with van der Waals surface area (Å²) in [4.78, 5) is 52.2. The molecule has 0 radical (unpaired) electrons. The van der Waals surface area contributed by atoms with Crippen LogP contribution in [0.1, 0.15) is 31.2 Å². The van der Waals surface area contributed by atoms with Crippen LogP contribution in [0.25, 0.3) is 0 Å². The number of hydrogen-bond donors (Lipinski definition) is 5. The second-order valence-electron chi connectivity index (χ2n) is 8.14. The van der Waals surface area contributed by atoms with E-state index in [-0.39, 0.29) is 42.4 Å². The second kappa shape index (κ2) is 16.7. The van der Waals surface area contributed by atoms with Gasteiger partial charge in [0.15, 0.2) is 11.7 Å². The number of amides is 2. The number of carboxylic acid groups (broad SMARTS) is 1. The summed E-state index contributed by atoms with van der Waals surface area (Å²) in [5.41, 5.74) is 17.5. The van der Waals surface area contributed by atoms with E-state index in [1.807, 2.05) is 30.3 Å². The number of benzene rings is 1. The molecule has 1 fully saturated rings. The first kappa shape index (κ1) is 31.1. The zero-order valence-electron chi connectivity index (χ0n) is 19.9. The number of carbonyl (C=O) groups is 4. The first-order chi connectivity index (χ1) is 17.1. The molecule has 1 saturated heterocycles. The van der Waals surface area contributed by atoms with Crippen molar-refractivity contribution in [1.29, 1.82) is 0 Å². The van der Waals surface area contributed by atoms with Crippen molar-refractivity contribution >= 4 is 52.7 Å². The molecule has 13 heteroatoms. The lowest BCUT2D eigenvalue weighted by molar-refractivity contribution is -0.144. The first-order valence-corrected chi connectivity index (χ1v) is 12.5. The van der Waals surface area contributed by atoms with Gasteiger partial charge >= 0.3 is 5.97 Å². The zero-order chi connectivity index (χ0) is 27.1. The minimum absolute atomic E-state index is 0.0312. The number of nitrogens with two attached hydrogens (primary N) is 3. The van der Waals surface area contributed by atoms with Crippen LogP contribution >= 0.6 is 23.2 Å². The molecule has 0 aliphatic carbocycles. The number of alkyl halides is 2. The van der Waals surface area contributed by atoms with E-state index in [1.165, 1.54) is 4.90 Å². The number of nitrogens with zero attached hydrogens (tertiary/aromatic N) is 2. The van der Waals surface area contributed by atoms with Gasteiger partial charge in [0.1, 0.15) is 12.1 Å². The number of Topliss-reactive ketones (excluding diaryl/α,β-unsaturated/α-hetero) is 1. The Balaban J connectivity index is 0.000000960. The number of hydrogen-bond acceptors (Lipinski definition) is 6. The van der Waals surface area contributed by atoms with Gasteiger partial charge in [-0.3, -0.25) is 19.4 Å². The summed E-state index contributed by atoms with van der Waals surface area (Å²) in [6.07, 6.45) is 2.06. The number of aliphatic carboxylic acids is 1. The normalized spacial score (nSPS) is 16.2. The molecule has 1 aromatic carbocycles. The lowest BCUT2D eigenvalue weighted by Gasteiger charge is -2.27. The predicted octanol–water partition coefficient (Wildman–Crippen LogP) is 0.204. The highest BCUT2D eigenvalue weighted by molar-refractivity contribution is 6.35. The first-order valence-electron chi connectivity index (χ1n) is 11.4. The second-order valence-corrected chi connectivity index (χ2v) is 8.67. The molecule has 3 atom stereocenters. The van der Waals surface area contributed by atoms with E-state index in [9.17, 15) is 24.3 Å². The Bertz CT molecular complexity index is 892. The maximum absolute atomic E-state index is 12.8. The standard InChI is InChI=1S/C20H30N6O4.C3H4Cl2O/c21-14(12-13-6-2-1-3-7-13)18(28)26-11-5-9-16(26)17(27)25-15(19(29)30)8-4-10-24-20(22)23;4-1-3(6)2-5/h1-3,6-7,14-16H,4-5,8-12,21H2,(H,25,27)(H,29,30)(H4,22,23,24);1-2H2/t14?,15-,16+;/m1./s1. The molecule has 8 N–H and O–H groups in total. The fraction of sp³-hybridized carbons (Fsp3) is 0.522. The minimum atomic E-state index is -1.15. The molecule has 11 nitrogen and oxygen atoms in total. The maximum Gasteiger partial charge on any atom is 0.326 e. The largest absolute Gasteiger partial charge is 0.480 e. The molecule has 0 spiro atoms. The molecule has 0 bridgehead atoms. The third-order valence-corrected chi connectivity index (χ3v) is 5.91. The molecule has 36 heavy (non-hydrogen) atoms. The number of carboxylic acids is 1. The van der Waals surface area contributed by atoms with Crippen LogP contribution in [0.5, 0.6) is 0 Å². The quantitative estimate of drug-likeness (QED) is 0.106. The summed E-state index contributed by atoms with van der Waals surface area (Å²) in [6.45, 7) is 0.687. The Kier molecular flexibility index (Phi) is 14.5. The Hall–Kier alpha value is -2.89. The topological polar surface area (TPSA) is 194 Å². The third-order valence-electron chi connectivity index (χ3n) is 5.31. The number of guanidine groups is 1. The van der Waals surface area contributed by atoms with Crippen LogP contribution in [0.4, 0.5) is 0 Å². The van der Waals surface area contributed by atoms with Gasteiger partial charge in [-0.05, 0) is 37.7 Å². The van der Waals surface area contributed by atoms with E-state index >= 15 is 0 Å². The Morgan fingerprint density at radius 2 is 1.78 bits per heavy atom. The molecule has 0 saturated carbocycles. The molecule has 2 rings (SSSR count). The Morgan fingerprint density at radius 1 is 1.14 bits per heavy atom. The highest BCUT2D eigenvalue weighted by Crippen LogP contribution is 2.19. The number of rotatable bonds is 12. The summed E-state index contributed by atoms with van der Waals surface area (Å²) >= 11 is 10.0. The van der Waals surface area contributed by atoms with Crippen molar-refractivity contribution in [3.8, 4) is 0 Å². The number of carbonyl (C=O) groups excluding carboxylic acids is 3. The van der Waals surface area contributed by atoms with Crippen LogP contribution < -0.4 is 22.5 Å². The van der Waals surface area contributed by atoms with Crippen molar-refractivity contribution in [2.75, 3.05) is 24.8 Å². The van der Waals surface area contributed by atoms with Gasteiger partial charge in [-0.2, -0.15) is 0 Å². The number of nitrogens with one attached hydrogen (secondary N) is 1. The van der Waals surface area contributed by atoms with Gasteiger partial charge in [-0.25, -0.2) is 4.79 Å². The molecule has 2 amide bonds. The predicted molar refractivity (Wildman–Crippen MR) is 139 cm³/mol. The smallest absolute Gasteiger partial charge is 0.326 e. The van der Waals surface area contributed by atoms with E-state index in [0.29, 0.717) is 32.2 Å². The molecular weight excluding hydrogens is 511 g/mol. The van der Waals surface area contributed by atoms with Crippen molar-refractivity contribution in [3.63, 3.8) is 0 Å². The van der Waals surface area contributed by atoms with Gasteiger partial charge in [0, 0.05) is 13.1 Å². The highest BCUT2D eigenvalue weighted by Gasteiger charge is 2.37. The van der Waals surface area contributed by atoms with E-state index in [1.54, 1.807) is 0 Å². The van der Waals surface area contributed by atoms with Gasteiger partial charge in [-0.1, -0.05) is 30.3 Å². The summed E-state index contributed by atoms with van der Waals surface area (Å²) in [5.74, 6) is -2.08. The summed E-state index contributed by atoms with van der Waals surface area (Å²) in [6, 6.07) is 6.84. The van der Waals surface area contributed by atoms with Gasteiger partial charge in [-0.15, -0.1) is 23.2 Å². The van der Waals surface area contributed by atoms with Gasteiger partial charge < -0.3 is 32.5 Å². The van der Waals surface area contributed by atoms with Gasteiger partial charge in [0.25, 0.3) is 0 Å². The van der Waals surface area contributed by atoms with Crippen molar-refractivity contribution in [2.45, 2.75) is 50.2 Å². The van der Waals surface area contributed by atoms with Crippen molar-refractivity contribution in [3.05, 3.63) is 35.9 Å². The summed E-state index contributed by atoms with van der Waals surface area (Å²) in [5, 5.41) is 11.9. The minimum Gasteiger partial charge on any atom is -0.480 e. The molecule has 1 aliphatic rings. The number of likely N-dealkylation sites (tertiary alicyclic amines) is 1. The van der Waals surface area contributed by atoms with Crippen molar-refractivity contribution < 1.29 is 24.3 Å². The summed E-state index contributed by atoms with van der Waals surface area (Å²) < 4.78 is 0. The molecule has 1 heterocycles. The van der Waals surface area contributed by atoms with E-state index in [2.05, 4.69) is 10.3 Å². The zero-order valence-corrected chi connectivity index (χ0v) is 21.5. The van der Waals surface area contributed by atoms with E-state index in [4.69, 9.17) is 40.4 Å². The summed E-state index contributed by atoms with van der Waals surface area (Å²) in [7, 11) is 0. The lowest BCUT2D eigenvalue weighted by Crippen LogP contribution is -2.54. The average molecular weight is 545 g/mol. The highest BCUT2D eigenvalue weighted by atomic mass is 35.5. The lowest BCUT2D eigenvalue weighted by atomic mass is 10.0. The van der Waals surface area contributed by atoms with Crippen LogP contribution in [0.15, 0.2) is 35.3 Å².